The second-order valence-electron chi connectivity index (χ2n) is 8.23. The van der Waals surface area contributed by atoms with E-state index in [2.05, 4.69) is 29.8 Å². The number of hydrogen-bond acceptors (Lipinski definition) is 7. The first-order valence-electron chi connectivity index (χ1n) is 12.0. The number of aliphatic imine (C=N–C) groups is 1. The fourth-order valence-electron chi connectivity index (χ4n) is 4.15. The lowest BCUT2D eigenvalue weighted by Gasteiger charge is -2.21. The number of aromatic hydroxyl groups is 1. The van der Waals surface area contributed by atoms with Gasteiger partial charge >= 0.3 is 0 Å². The maximum Gasteiger partial charge on any atom is 0.238 e. The first-order valence-corrected chi connectivity index (χ1v) is 12.0. The lowest BCUT2D eigenvalue weighted by Crippen LogP contribution is -2.21. The van der Waals surface area contributed by atoms with Crippen LogP contribution in [0.3, 0.4) is 0 Å². The fraction of sp³-hybridized carbons (Fsp3) is 0.200. The van der Waals surface area contributed by atoms with Crippen molar-refractivity contribution in [2.45, 2.75) is 13.8 Å². The van der Waals surface area contributed by atoms with Crippen LogP contribution in [0.15, 0.2) is 76.1 Å². The summed E-state index contributed by atoms with van der Waals surface area (Å²) in [6, 6.07) is 22.5. The van der Waals surface area contributed by atoms with Crippen molar-refractivity contribution in [1.29, 1.82) is 5.26 Å². The van der Waals surface area contributed by atoms with Gasteiger partial charge in [-0.15, -0.1) is 0 Å². The van der Waals surface area contributed by atoms with E-state index < -0.39 is 0 Å². The van der Waals surface area contributed by atoms with Crippen LogP contribution in [0.1, 0.15) is 25.0 Å². The highest BCUT2D eigenvalue weighted by Gasteiger charge is 2.23. The normalized spacial score (nSPS) is 10.9. The molecule has 0 atom stereocenters. The van der Waals surface area contributed by atoms with Gasteiger partial charge in [-0.3, -0.25) is 0 Å². The Morgan fingerprint density at radius 1 is 0.919 bits per heavy atom. The molecule has 4 aromatic rings. The van der Waals surface area contributed by atoms with E-state index in [1.54, 1.807) is 26.4 Å². The van der Waals surface area contributed by atoms with Gasteiger partial charge in [0.15, 0.2) is 0 Å². The van der Waals surface area contributed by atoms with Crippen LogP contribution in [0.5, 0.6) is 17.2 Å². The van der Waals surface area contributed by atoms with Crippen LogP contribution >= 0.6 is 0 Å². The number of benzene rings is 3. The fourth-order valence-corrected chi connectivity index (χ4v) is 4.15. The van der Waals surface area contributed by atoms with Gasteiger partial charge in [0.1, 0.15) is 34.6 Å². The van der Waals surface area contributed by atoms with Crippen molar-refractivity contribution in [3.8, 4) is 45.8 Å². The Kier molecular flexibility index (Phi) is 7.80. The highest BCUT2D eigenvalue weighted by atomic mass is 16.5. The molecule has 0 saturated heterocycles. The zero-order valence-corrected chi connectivity index (χ0v) is 21.4. The van der Waals surface area contributed by atoms with Crippen LogP contribution in [0.25, 0.3) is 22.5 Å². The molecule has 1 heterocycles. The third kappa shape index (κ3) is 5.29. The Hall–Kier alpha value is -4.70. The molecule has 0 aliphatic rings. The second kappa shape index (κ2) is 11.4. The first kappa shape index (κ1) is 25.4. The third-order valence-electron chi connectivity index (χ3n) is 6.20. The maximum atomic E-state index is 10.6. The van der Waals surface area contributed by atoms with Gasteiger partial charge in [0.05, 0.1) is 14.2 Å². The summed E-state index contributed by atoms with van der Waals surface area (Å²) in [5.41, 5.74) is 3.94. The summed E-state index contributed by atoms with van der Waals surface area (Å²) in [7, 11) is 3.21. The standard InChI is InChI=1S/C30H29N3O4/c1-5-33(6-2)23-12-7-22(27(34)17-23)19-32-30-26(18-31)28(20-8-13-24(35-3)14-9-20)29(37-30)21-10-15-25(36-4)16-11-21/h7-17,19,34H,5-6H2,1-4H3/b32-19+. The molecule has 0 saturated carbocycles. The maximum absolute atomic E-state index is 10.6. The smallest absolute Gasteiger partial charge is 0.238 e. The number of phenolic OH excluding ortho intramolecular Hbond substituents is 1. The number of phenols is 1. The van der Waals surface area contributed by atoms with Crippen molar-refractivity contribution in [1.82, 2.24) is 0 Å². The van der Waals surface area contributed by atoms with Gasteiger partial charge in [0.2, 0.25) is 5.88 Å². The largest absolute Gasteiger partial charge is 0.507 e. The molecule has 0 unspecified atom stereocenters. The first-order chi connectivity index (χ1) is 18.0. The van der Waals surface area contributed by atoms with Crippen molar-refractivity contribution >= 4 is 17.8 Å². The van der Waals surface area contributed by atoms with Crippen molar-refractivity contribution < 1.29 is 19.0 Å². The van der Waals surface area contributed by atoms with E-state index in [4.69, 9.17) is 13.9 Å². The number of methoxy groups -OCH3 is 2. The van der Waals surface area contributed by atoms with Gasteiger partial charge in [0, 0.05) is 47.7 Å². The minimum absolute atomic E-state index is 0.101. The molecule has 0 amide bonds. The molecular weight excluding hydrogens is 466 g/mol. The van der Waals surface area contributed by atoms with E-state index in [1.807, 2.05) is 54.6 Å². The minimum atomic E-state index is 0.101. The van der Waals surface area contributed by atoms with Gasteiger partial charge in [-0.25, -0.2) is 4.99 Å². The summed E-state index contributed by atoms with van der Waals surface area (Å²) in [6.07, 6.45) is 1.51. The van der Waals surface area contributed by atoms with Crippen LogP contribution in [-0.4, -0.2) is 38.6 Å². The molecule has 0 aliphatic carbocycles. The summed E-state index contributed by atoms with van der Waals surface area (Å²) in [4.78, 5) is 6.63. The minimum Gasteiger partial charge on any atom is -0.507 e. The summed E-state index contributed by atoms with van der Waals surface area (Å²) in [6.45, 7) is 5.81. The number of anilines is 1. The number of nitriles is 1. The number of furan rings is 1. The SMILES string of the molecule is CCN(CC)c1ccc(/C=N/c2oc(-c3ccc(OC)cc3)c(-c3ccc(OC)cc3)c2C#N)c(O)c1. The monoisotopic (exact) mass is 495 g/mol. The van der Waals surface area contributed by atoms with Gasteiger partial charge in [-0.2, -0.15) is 5.26 Å². The summed E-state index contributed by atoms with van der Waals surface area (Å²) in [5.74, 6) is 2.19. The van der Waals surface area contributed by atoms with Crippen molar-refractivity contribution in [3.63, 3.8) is 0 Å². The highest BCUT2D eigenvalue weighted by Crippen LogP contribution is 2.43. The molecule has 7 nitrogen and oxygen atoms in total. The topological polar surface area (TPSA) is 91.2 Å². The molecule has 0 bridgehead atoms. The van der Waals surface area contributed by atoms with E-state index >= 15 is 0 Å². The molecule has 37 heavy (non-hydrogen) atoms. The van der Waals surface area contributed by atoms with Crippen molar-refractivity contribution in [3.05, 3.63) is 77.9 Å². The summed E-state index contributed by atoms with van der Waals surface area (Å²) in [5, 5.41) is 20.7. The number of ether oxygens (including phenoxy) is 2. The molecule has 0 spiro atoms. The lowest BCUT2D eigenvalue weighted by atomic mass is 9.98. The molecule has 0 aliphatic heterocycles. The quantitative estimate of drug-likeness (QED) is 0.257. The van der Waals surface area contributed by atoms with Crippen LogP contribution < -0.4 is 14.4 Å². The van der Waals surface area contributed by atoms with E-state index in [-0.39, 0.29) is 11.6 Å². The van der Waals surface area contributed by atoms with Gasteiger partial charge in [0.25, 0.3) is 0 Å². The number of rotatable bonds is 9. The number of hydrogen-bond donors (Lipinski definition) is 1. The predicted molar refractivity (Wildman–Crippen MR) is 146 cm³/mol. The average molecular weight is 496 g/mol. The van der Waals surface area contributed by atoms with Crippen molar-refractivity contribution in [2.75, 3.05) is 32.2 Å². The van der Waals surface area contributed by atoms with Crippen LogP contribution in [0, 0.1) is 11.3 Å². The predicted octanol–water partition coefficient (Wildman–Crippen LogP) is 6.80. The van der Waals surface area contributed by atoms with E-state index in [9.17, 15) is 10.4 Å². The van der Waals surface area contributed by atoms with Gasteiger partial charge < -0.3 is 23.9 Å². The zero-order chi connectivity index (χ0) is 26.4. The second-order valence-corrected chi connectivity index (χ2v) is 8.23. The van der Waals surface area contributed by atoms with Crippen LogP contribution in [0.2, 0.25) is 0 Å². The Balaban J connectivity index is 1.80. The van der Waals surface area contributed by atoms with Crippen LogP contribution in [-0.2, 0) is 0 Å². The molecule has 1 N–H and O–H groups in total. The van der Waals surface area contributed by atoms with E-state index in [1.165, 1.54) is 6.21 Å². The molecule has 4 rings (SSSR count). The van der Waals surface area contributed by atoms with Crippen LogP contribution in [0.4, 0.5) is 11.6 Å². The zero-order valence-electron chi connectivity index (χ0n) is 21.4. The lowest BCUT2D eigenvalue weighted by molar-refractivity contribution is 0.414. The Morgan fingerprint density at radius 3 is 2.03 bits per heavy atom. The van der Waals surface area contributed by atoms with Gasteiger partial charge in [-0.05, 0) is 67.9 Å². The van der Waals surface area contributed by atoms with E-state index in [0.29, 0.717) is 33.9 Å². The van der Waals surface area contributed by atoms with E-state index in [0.717, 1.165) is 29.9 Å². The molecule has 7 heteroatoms. The molecule has 3 aromatic carbocycles. The van der Waals surface area contributed by atoms with Gasteiger partial charge in [-0.1, -0.05) is 12.1 Å². The molecule has 0 radical (unpaired) electrons. The summed E-state index contributed by atoms with van der Waals surface area (Å²) >= 11 is 0. The third-order valence-corrected chi connectivity index (χ3v) is 6.20. The highest BCUT2D eigenvalue weighted by molar-refractivity contribution is 5.91. The molecule has 188 valence electrons. The Labute approximate surface area is 216 Å². The van der Waals surface area contributed by atoms with Crippen molar-refractivity contribution in [2.24, 2.45) is 4.99 Å². The number of nitrogens with zero attached hydrogens (tertiary/aromatic N) is 3. The Morgan fingerprint density at radius 2 is 1.51 bits per heavy atom. The molecule has 1 aromatic heterocycles. The summed E-state index contributed by atoms with van der Waals surface area (Å²) < 4.78 is 16.8. The average Bonchev–Trinajstić information content (AvgIpc) is 3.31. The Bertz CT molecular complexity index is 1430. The molecule has 0 fully saturated rings. The molecular formula is C30H29N3O4.